The van der Waals surface area contributed by atoms with Crippen LogP contribution in [0.3, 0.4) is 0 Å². The number of esters is 1. The van der Waals surface area contributed by atoms with Gasteiger partial charge in [-0.05, 0) is 12.8 Å². The average Bonchev–Trinajstić information content (AvgIpc) is 3.15. The smallest absolute Gasteiger partial charge is 0.331 e. The van der Waals surface area contributed by atoms with Crippen LogP contribution in [0, 0.1) is 0 Å². The maximum absolute atomic E-state index is 12.3. The Morgan fingerprint density at radius 2 is 0.654 bits per heavy atom. The van der Waals surface area contributed by atoms with Crippen molar-refractivity contribution in [2.75, 3.05) is 13.2 Å². The fourth-order valence-electron chi connectivity index (χ4n) is 7.44. The maximum Gasteiger partial charge on any atom is 0.331 e. The Kier molecular flexibility index (Phi) is 43.4. The number of carbonyl (C=O) groups excluding carboxylic acids is 2. The predicted molar refractivity (Wildman–Crippen MR) is 226 cm³/mol. The monoisotopic (exact) mass is 736 g/mol. The minimum atomic E-state index is -0.946. The van der Waals surface area contributed by atoms with Crippen LogP contribution in [0.4, 0.5) is 0 Å². The van der Waals surface area contributed by atoms with Gasteiger partial charge in [-0.3, -0.25) is 4.79 Å². The molecule has 0 unspecified atom stereocenters. The fourth-order valence-corrected chi connectivity index (χ4v) is 7.44. The maximum atomic E-state index is 12.3. The Bertz CT molecular complexity index is 714. The molecule has 0 aliphatic rings. The van der Waals surface area contributed by atoms with E-state index in [-0.39, 0.29) is 5.91 Å². The van der Waals surface area contributed by atoms with Crippen molar-refractivity contribution < 1.29 is 19.4 Å². The molecule has 0 aliphatic carbocycles. The highest BCUT2D eigenvalue weighted by Crippen LogP contribution is 2.17. The number of aliphatic hydroxyl groups is 1. The summed E-state index contributed by atoms with van der Waals surface area (Å²) in [5.41, 5.74) is 0. The molecule has 2 N–H and O–H groups in total. The van der Waals surface area contributed by atoms with E-state index >= 15 is 0 Å². The summed E-state index contributed by atoms with van der Waals surface area (Å²) in [6, 6.07) is -0.946. The molecule has 0 aromatic heterocycles. The number of aliphatic hydroxyl groups excluding tert-OH is 1. The average molecular weight is 736 g/mol. The summed E-state index contributed by atoms with van der Waals surface area (Å²) in [5, 5.41) is 12.3. The summed E-state index contributed by atoms with van der Waals surface area (Å²) in [4.78, 5) is 24.6. The quantitative estimate of drug-likeness (QED) is 0.0482. The molecule has 0 aliphatic heterocycles. The summed E-state index contributed by atoms with van der Waals surface area (Å²) in [7, 11) is 0. The van der Waals surface area contributed by atoms with Crippen LogP contribution in [0.15, 0.2) is 0 Å². The SMILES string of the molecule is CCCCCCCCCCCCCCCCCCCCCCCCCCCCCC(=O)N[C@@H](CO)C(=O)OCCCCCCCCCCCCCC. The molecule has 5 heteroatoms. The highest BCUT2D eigenvalue weighted by Gasteiger charge is 2.21. The van der Waals surface area contributed by atoms with Crippen LogP contribution >= 0.6 is 0 Å². The summed E-state index contributed by atoms with van der Waals surface area (Å²) < 4.78 is 5.34. The standard InChI is InChI=1S/C47H93NO4/c1-3-5-7-9-11-13-15-17-18-19-20-21-22-23-24-25-26-27-28-29-30-31-32-34-36-38-40-42-46(50)48-45(44-49)47(51)52-43-41-39-37-35-33-16-14-12-10-8-6-4-2/h45,49H,3-44H2,1-2H3,(H,48,50)/t45-/m0/s1. The molecule has 0 bridgehead atoms. The minimum Gasteiger partial charge on any atom is -0.464 e. The van der Waals surface area contributed by atoms with Gasteiger partial charge in [0, 0.05) is 6.42 Å². The van der Waals surface area contributed by atoms with E-state index < -0.39 is 18.6 Å². The first-order valence-electron chi connectivity index (χ1n) is 23.7. The first-order chi connectivity index (χ1) is 25.7. The lowest BCUT2D eigenvalue weighted by atomic mass is 10.0. The summed E-state index contributed by atoms with van der Waals surface area (Å²) in [5.74, 6) is -0.680. The second-order valence-electron chi connectivity index (χ2n) is 16.3. The van der Waals surface area contributed by atoms with Gasteiger partial charge in [-0.25, -0.2) is 4.79 Å². The van der Waals surface area contributed by atoms with Crippen molar-refractivity contribution in [3.8, 4) is 0 Å². The van der Waals surface area contributed by atoms with Crippen LogP contribution < -0.4 is 5.32 Å². The van der Waals surface area contributed by atoms with Crippen molar-refractivity contribution >= 4 is 11.9 Å². The van der Waals surface area contributed by atoms with Crippen LogP contribution in [0.2, 0.25) is 0 Å². The second kappa shape index (κ2) is 44.3. The highest BCUT2D eigenvalue weighted by atomic mass is 16.5. The van der Waals surface area contributed by atoms with E-state index in [2.05, 4.69) is 19.2 Å². The van der Waals surface area contributed by atoms with E-state index in [9.17, 15) is 14.7 Å². The molecular formula is C47H93NO4. The number of unbranched alkanes of at least 4 members (excludes halogenated alkanes) is 37. The van der Waals surface area contributed by atoms with E-state index in [4.69, 9.17) is 4.74 Å². The number of hydrogen-bond donors (Lipinski definition) is 2. The van der Waals surface area contributed by atoms with Crippen LogP contribution in [0.5, 0.6) is 0 Å². The zero-order chi connectivity index (χ0) is 37.8. The molecule has 0 aromatic rings. The zero-order valence-corrected chi connectivity index (χ0v) is 35.4. The van der Waals surface area contributed by atoms with Crippen molar-refractivity contribution in [3.05, 3.63) is 0 Å². The van der Waals surface area contributed by atoms with Gasteiger partial charge in [-0.2, -0.15) is 0 Å². The molecule has 1 atom stereocenters. The van der Waals surface area contributed by atoms with E-state index in [0.717, 1.165) is 32.1 Å². The minimum absolute atomic E-state index is 0.166. The summed E-state index contributed by atoms with van der Waals surface area (Å²) in [6.45, 7) is 4.51. The van der Waals surface area contributed by atoms with Crippen molar-refractivity contribution in [2.24, 2.45) is 0 Å². The van der Waals surface area contributed by atoms with Gasteiger partial charge in [0.2, 0.25) is 5.91 Å². The normalized spacial score (nSPS) is 12.0. The molecule has 0 saturated carbocycles. The largest absolute Gasteiger partial charge is 0.464 e. The van der Waals surface area contributed by atoms with E-state index in [1.165, 1.54) is 218 Å². The topological polar surface area (TPSA) is 75.6 Å². The third kappa shape index (κ3) is 40.1. The number of nitrogens with one attached hydrogen (secondary N) is 1. The number of carbonyl (C=O) groups is 2. The Hall–Kier alpha value is -1.10. The Morgan fingerprint density at radius 1 is 0.404 bits per heavy atom. The van der Waals surface area contributed by atoms with Gasteiger partial charge in [0.15, 0.2) is 6.04 Å². The Labute approximate surface area is 325 Å². The van der Waals surface area contributed by atoms with Crippen LogP contribution in [0.25, 0.3) is 0 Å². The Balaban J connectivity index is 3.39. The predicted octanol–water partition coefficient (Wildman–Crippen LogP) is 14.7. The van der Waals surface area contributed by atoms with Gasteiger partial charge in [-0.1, -0.05) is 251 Å². The first-order valence-corrected chi connectivity index (χ1v) is 23.7. The first kappa shape index (κ1) is 50.9. The third-order valence-electron chi connectivity index (χ3n) is 11.1. The summed E-state index contributed by atoms with van der Waals surface area (Å²) >= 11 is 0. The second-order valence-corrected chi connectivity index (χ2v) is 16.3. The van der Waals surface area contributed by atoms with E-state index in [0.29, 0.717) is 13.0 Å². The number of amides is 1. The lowest BCUT2D eigenvalue weighted by molar-refractivity contribution is -0.149. The molecule has 310 valence electrons. The van der Waals surface area contributed by atoms with E-state index in [1.54, 1.807) is 0 Å². The fraction of sp³-hybridized carbons (Fsp3) is 0.957. The lowest BCUT2D eigenvalue weighted by Crippen LogP contribution is -2.44. The molecule has 5 nitrogen and oxygen atoms in total. The molecule has 0 radical (unpaired) electrons. The molecule has 0 fully saturated rings. The number of rotatable bonds is 44. The van der Waals surface area contributed by atoms with Gasteiger partial charge in [0.1, 0.15) is 0 Å². The lowest BCUT2D eigenvalue weighted by Gasteiger charge is -2.15. The van der Waals surface area contributed by atoms with Crippen molar-refractivity contribution in [3.63, 3.8) is 0 Å². The van der Waals surface area contributed by atoms with Gasteiger partial charge in [0.25, 0.3) is 0 Å². The van der Waals surface area contributed by atoms with Gasteiger partial charge >= 0.3 is 5.97 Å². The molecule has 0 rings (SSSR count). The number of ether oxygens (including phenoxy) is 1. The van der Waals surface area contributed by atoms with Crippen LogP contribution in [0.1, 0.15) is 271 Å². The number of hydrogen-bond acceptors (Lipinski definition) is 4. The molecule has 52 heavy (non-hydrogen) atoms. The van der Waals surface area contributed by atoms with Crippen molar-refractivity contribution in [2.45, 2.75) is 277 Å². The van der Waals surface area contributed by atoms with Gasteiger partial charge in [-0.15, -0.1) is 0 Å². The van der Waals surface area contributed by atoms with Crippen molar-refractivity contribution in [1.29, 1.82) is 0 Å². The highest BCUT2D eigenvalue weighted by molar-refractivity contribution is 5.84. The summed E-state index contributed by atoms with van der Waals surface area (Å²) in [6.07, 6.45) is 52.5. The van der Waals surface area contributed by atoms with Crippen LogP contribution in [-0.2, 0) is 14.3 Å². The molecule has 0 heterocycles. The third-order valence-corrected chi connectivity index (χ3v) is 11.1. The van der Waals surface area contributed by atoms with Gasteiger partial charge in [0.05, 0.1) is 13.2 Å². The molecule has 0 aromatic carbocycles. The molecular weight excluding hydrogens is 643 g/mol. The molecule has 1 amide bonds. The molecule has 0 spiro atoms. The van der Waals surface area contributed by atoms with E-state index in [1.807, 2.05) is 0 Å². The van der Waals surface area contributed by atoms with Crippen LogP contribution in [-0.4, -0.2) is 36.2 Å². The zero-order valence-electron chi connectivity index (χ0n) is 35.4. The van der Waals surface area contributed by atoms with Gasteiger partial charge < -0.3 is 15.2 Å². The molecule has 0 saturated heterocycles. The van der Waals surface area contributed by atoms with Crippen molar-refractivity contribution in [1.82, 2.24) is 5.32 Å². The Morgan fingerprint density at radius 3 is 0.923 bits per heavy atom.